The Kier molecular flexibility index (Phi) is 6.33. The van der Waals surface area contributed by atoms with Crippen LogP contribution in [0, 0.1) is 0 Å². The van der Waals surface area contributed by atoms with Gasteiger partial charge in [0.15, 0.2) is 5.79 Å². The van der Waals surface area contributed by atoms with E-state index in [1.165, 1.54) is 12.0 Å². The minimum absolute atomic E-state index is 0.0150. The molecular weight excluding hydrogens is 354 g/mol. The Bertz CT molecular complexity index is 624. The number of benzene rings is 1. The molecule has 27 heavy (non-hydrogen) atoms. The van der Waals surface area contributed by atoms with E-state index in [-0.39, 0.29) is 32.7 Å². The summed E-state index contributed by atoms with van der Waals surface area (Å²) < 4.78 is 28.1. The molecule has 1 aromatic carbocycles. The van der Waals surface area contributed by atoms with E-state index in [9.17, 15) is 9.90 Å². The number of methoxy groups -OCH3 is 1. The molecule has 2 aliphatic rings. The maximum Gasteiger partial charge on any atom is 0.410 e. The van der Waals surface area contributed by atoms with Crippen molar-refractivity contribution >= 4 is 6.09 Å². The predicted molar refractivity (Wildman–Crippen MR) is 94.8 cm³/mol. The number of hydrogen-bond acceptors (Lipinski definition) is 7. The molecule has 2 saturated heterocycles. The van der Waals surface area contributed by atoms with Crippen LogP contribution in [0.15, 0.2) is 30.3 Å². The number of aliphatic hydroxyl groups excluding tert-OH is 1. The molecule has 1 N–H and O–H groups in total. The van der Waals surface area contributed by atoms with Gasteiger partial charge in [0.25, 0.3) is 0 Å². The minimum atomic E-state index is -0.798. The second-order valence-corrected chi connectivity index (χ2v) is 7.12. The Labute approximate surface area is 158 Å². The Hall–Kier alpha value is -1.71. The summed E-state index contributed by atoms with van der Waals surface area (Å²) in [7, 11) is 1.51. The quantitative estimate of drug-likeness (QED) is 0.748. The van der Waals surface area contributed by atoms with Gasteiger partial charge in [0.2, 0.25) is 0 Å². The van der Waals surface area contributed by atoms with Crippen molar-refractivity contribution in [2.24, 2.45) is 0 Å². The molecule has 0 aliphatic carbocycles. The first-order chi connectivity index (χ1) is 12.9. The molecule has 2 aliphatic heterocycles. The normalized spacial score (nSPS) is 29.4. The molecule has 1 aromatic rings. The smallest absolute Gasteiger partial charge is 0.410 e. The van der Waals surface area contributed by atoms with Crippen LogP contribution < -0.4 is 0 Å². The second-order valence-electron chi connectivity index (χ2n) is 7.12. The van der Waals surface area contributed by atoms with Crippen LogP contribution in [0.2, 0.25) is 0 Å². The lowest BCUT2D eigenvalue weighted by Crippen LogP contribution is -2.64. The van der Waals surface area contributed by atoms with Gasteiger partial charge in [-0.15, -0.1) is 0 Å². The third-order valence-corrected chi connectivity index (χ3v) is 4.71. The number of nitrogens with zero attached hydrogens (tertiary/aromatic N) is 1. The standard InChI is InChI=1S/C19H27NO7/c1-19(2)26-15-9-20(18(22)24-11-13-7-5-4-6-8-13)14(10-21)16(17(15)27-19)25-12-23-3/h4-8,14-17,21H,9-12H2,1-3H3/t14-,15-,16-,17-/m1/s1. The lowest BCUT2D eigenvalue weighted by atomic mass is 9.94. The fraction of sp³-hybridized carbons (Fsp3) is 0.632. The highest BCUT2D eigenvalue weighted by Gasteiger charge is 2.54. The molecular formula is C19H27NO7. The van der Waals surface area contributed by atoms with E-state index in [0.29, 0.717) is 0 Å². The Balaban J connectivity index is 1.73. The van der Waals surface area contributed by atoms with E-state index < -0.39 is 30.1 Å². The first-order valence-corrected chi connectivity index (χ1v) is 8.99. The van der Waals surface area contributed by atoms with Crippen molar-refractivity contribution in [3.8, 4) is 0 Å². The first kappa shape index (κ1) is 20.0. The summed E-state index contributed by atoms with van der Waals surface area (Å²) in [5, 5.41) is 9.95. The number of amides is 1. The van der Waals surface area contributed by atoms with Crippen molar-refractivity contribution in [3.63, 3.8) is 0 Å². The van der Waals surface area contributed by atoms with E-state index in [1.54, 1.807) is 0 Å². The van der Waals surface area contributed by atoms with Gasteiger partial charge in [-0.05, 0) is 19.4 Å². The molecule has 150 valence electrons. The number of carbonyl (C=O) groups excluding carboxylic acids is 1. The zero-order valence-electron chi connectivity index (χ0n) is 15.9. The molecule has 2 heterocycles. The third kappa shape index (κ3) is 4.59. The van der Waals surface area contributed by atoms with Gasteiger partial charge in [-0.25, -0.2) is 4.79 Å². The van der Waals surface area contributed by atoms with Gasteiger partial charge in [0.1, 0.15) is 31.7 Å². The number of fused-ring (bicyclic) bond motifs is 1. The summed E-state index contributed by atoms with van der Waals surface area (Å²) in [6.07, 6.45) is -1.92. The van der Waals surface area contributed by atoms with Crippen molar-refractivity contribution in [1.29, 1.82) is 0 Å². The van der Waals surface area contributed by atoms with E-state index in [1.807, 2.05) is 44.2 Å². The van der Waals surface area contributed by atoms with Crippen LogP contribution in [0.25, 0.3) is 0 Å². The topological polar surface area (TPSA) is 86.7 Å². The highest BCUT2D eigenvalue weighted by molar-refractivity contribution is 5.68. The molecule has 0 unspecified atom stereocenters. The number of aliphatic hydroxyl groups is 1. The van der Waals surface area contributed by atoms with E-state index >= 15 is 0 Å². The average molecular weight is 381 g/mol. The number of ether oxygens (including phenoxy) is 5. The molecule has 0 saturated carbocycles. The summed E-state index contributed by atoms with van der Waals surface area (Å²) in [5.74, 6) is -0.798. The van der Waals surface area contributed by atoms with Gasteiger partial charge >= 0.3 is 6.09 Å². The van der Waals surface area contributed by atoms with Crippen LogP contribution in [0.5, 0.6) is 0 Å². The van der Waals surface area contributed by atoms with Crippen LogP contribution in [-0.4, -0.2) is 73.3 Å². The van der Waals surface area contributed by atoms with Crippen LogP contribution >= 0.6 is 0 Å². The summed E-state index contributed by atoms with van der Waals surface area (Å²) in [6, 6.07) is 8.79. The van der Waals surface area contributed by atoms with Gasteiger partial charge < -0.3 is 28.8 Å². The summed E-state index contributed by atoms with van der Waals surface area (Å²) in [6.45, 7) is 3.74. The average Bonchev–Trinajstić information content (AvgIpc) is 2.98. The van der Waals surface area contributed by atoms with Gasteiger partial charge in [-0.2, -0.15) is 0 Å². The monoisotopic (exact) mass is 381 g/mol. The zero-order valence-corrected chi connectivity index (χ0v) is 15.9. The lowest BCUT2D eigenvalue weighted by Gasteiger charge is -2.43. The first-order valence-electron chi connectivity index (χ1n) is 8.99. The van der Waals surface area contributed by atoms with Crippen LogP contribution in [0.3, 0.4) is 0 Å². The van der Waals surface area contributed by atoms with E-state index in [4.69, 9.17) is 23.7 Å². The summed E-state index contributed by atoms with van der Waals surface area (Å²) >= 11 is 0. The number of rotatable bonds is 6. The van der Waals surface area contributed by atoms with Crippen molar-refractivity contribution in [2.45, 2.75) is 50.6 Å². The summed E-state index contributed by atoms with van der Waals surface area (Å²) in [4.78, 5) is 14.2. The van der Waals surface area contributed by atoms with Gasteiger partial charge in [-0.3, -0.25) is 4.90 Å². The molecule has 3 rings (SSSR count). The number of carbonyl (C=O) groups is 1. The third-order valence-electron chi connectivity index (χ3n) is 4.71. The molecule has 0 aromatic heterocycles. The van der Waals surface area contributed by atoms with E-state index in [2.05, 4.69) is 0 Å². The molecule has 2 fully saturated rings. The molecule has 0 spiro atoms. The number of hydrogen-bond donors (Lipinski definition) is 1. The van der Waals surface area contributed by atoms with Crippen molar-refractivity contribution in [2.75, 3.05) is 27.1 Å². The highest BCUT2D eigenvalue weighted by atomic mass is 16.8. The number of likely N-dealkylation sites (tertiary alicyclic amines) is 1. The van der Waals surface area contributed by atoms with Crippen molar-refractivity contribution < 1.29 is 33.6 Å². The number of piperidine rings is 1. The Morgan fingerprint density at radius 3 is 2.70 bits per heavy atom. The van der Waals surface area contributed by atoms with Gasteiger partial charge in [0, 0.05) is 7.11 Å². The fourth-order valence-corrected chi connectivity index (χ4v) is 3.58. The van der Waals surface area contributed by atoms with Crippen molar-refractivity contribution in [3.05, 3.63) is 35.9 Å². The predicted octanol–water partition coefficient (Wildman–Crippen LogP) is 1.51. The molecule has 8 nitrogen and oxygen atoms in total. The largest absolute Gasteiger partial charge is 0.445 e. The molecule has 1 amide bonds. The maximum absolute atomic E-state index is 12.7. The molecule has 0 radical (unpaired) electrons. The zero-order chi connectivity index (χ0) is 19.4. The lowest BCUT2D eigenvalue weighted by molar-refractivity contribution is -0.182. The molecule has 4 atom stereocenters. The van der Waals surface area contributed by atoms with Crippen LogP contribution in [0.1, 0.15) is 19.4 Å². The maximum atomic E-state index is 12.7. The molecule has 8 heteroatoms. The van der Waals surface area contributed by atoms with Gasteiger partial charge in [-0.1, -0.05) is 30.3 Å². The summed E-state index contributed by atoms with van der Waals surface area (Å²) in [5.41, 5.74) is 0.884. The second kappa shape index (κ2) is 8.53. The SMILES string of the molecule is COCO[C@H]1[C@@H]2OC(C)(C)O[C@@H]2CN(C(=O)OCc2ccccc2)[C@@H]1CO. The fourth-order valence-electron chi connectivity index (χ4n) is 3.58. The van der Waals surface area contributed by atoms with E-state index in [0.717, 1.165) is 5.56 Å². The Morgan fingerprint density at radius 1 is 1.30 bits per heavy atom. The highest BCUT2D eigenvalue weighted by Crippen LogP contribution is 2.37. The van der Waals surface area contributed by atoms with Crippen molar-refractivity contribution in [1.82, 2.24) is 4.90 Å². The minimum Gasteiger partial charge on any atom is -0.445 e. The van der Waals surface area contributed by atoms with Crippen LogP contribution in [0.4, 0.5) is 4.79 Å². The Morgan fingerprint density at radius 2 is 2.04 bits per heavy atom. The molecule has 0 bridgehead atoms. The van der Waals surface area contributed by atoms with Gasteiger partial charge in [0.05, 0.1) is 19.2 Å². The van der Waals surface area contributed by atoms with Crippen LogP contribution in [-0.2, 0) is 30.3 Å².